The van der Waals surface area contributed by atoms with Gasteiger partial charge in [0.1, 0.15) is 0 Å². The van der Waals surface area contributed by atoms with Crippen molar-refractivity contribution < 1.29 is 23.8 Å². The molecule has 2 heterocycles. The number of hydrogen-bond acceptors (Lipinski definition) is 7. The molecular weight excluding hydrogens is 470 g/mol. The lowest BCUT2D eigenvalue weighted by Crippen LogP contribution is -2.47. The highest BCUT2D eigenvalue weighted by Crippen LogP contribution is 2.50. The number of ether oxygens (including phenoxy) is 3. The summed E-state index contributed by atoms with van der Waals surface area (Å²) in [5.74, 6) is 1.21. The van der Waals surface area contributed by atoms with Gasteiger partial charge in [-0.3, -0.25) is 9.59 Å². The monoisotopic (exact) mass is 505 g/mol. The maximum absolute atomic E-state index is 13.9. The smallest absolute Gasteiger partial charge is 0.242 e. The molecular formula is C29H35N3O5. The summed E-state index contributed by atoms with van der Waals surface area (Å²) >= 11 is 0. The molecule has 1 saturated heterocycles. The molecule has 1 unspecified atom stereocenters. The molecule has 196 valence electrons. The Kier molecular flexibility index (Phi) is 6.86. The highest BCUT2D eigenvalue weighted by Gasteiger charge is 2.43. The molecule has 0 bridgehead atoms. The Morgan fingerprint density at radius 2 is 1.81 bits per heavy atom. The van der Waals surface area contributed by atoms with Gasteiger partial charge in [0.15, 0.2) is 17.3 Å². The number of carbonyl (C=O) groups is 2. The first-order chi connectivity index (χ1) is 17.8. The lowest BCUT2D eigenvalue weighted by molar-refractivity contribution is -0.133. The van der Waals surface area contributed by atoms with Crippen LogP contribution < -0.4 is 19.7 Å². The first-order valence-corrected chi connectivity index (χ1v) is 12.8. The van der Waals surface area contributed by atoms with Crippen molar-refractivity contribution in [2.45, 2.75) is 32.7 Å². The van der Waals surface area contributed by atoms with Gasteiger partial charge in [-0.05, 0) is 30.0 Å². The number of morpholine rings is 1. The standard InChI is InChI=1S/C29H35N3O5/c1-29(2)16-21-26(23(33)17-29)27(19-8-7-11-24(35-3)28(19)36-4)32(22-10-6-5-9-20(22)30-21)18-25(34)31-12-14-37-15-13-31/h5-11,27,30H,12-18H2,1-4H3. The van der Waals surface area contributed by atoms with Gasteiger partial charge in [0.2, 0.25) is 5.91 Å². The van der Waals surface area contributed by atoms with Crippen molar-refractivity contribution >= 4 is 23.1 Å². The van der Waals surface area contributed by atoms with E-state index in [1.165, 1.54) is 0 Å². The number of fused-ring (bicyclic) bond motifs is 1. The van der Waals surface area contributed by atoms with E-state index in [-0.39, 0.29) is 23.7 Å². The molecule has 8 nitrogen and oxygen atoms in total. The molecule has 5 rings (SSSR count). The normalized spacial score (nSPS) is 21.0. The third-order valence-corrected chi connectivity index (χ3v) is 7.40. The zero-order valence-corrected chi connectivity index (χ0v) is 22.0. The quantitative estimate of drug-likeness (QED) is 0.653. The lowest BCUT2D eigenvalue weighted by atomic mass is 9.73. The number of methoxy groups -OCH3 is 2. The van der Waals surface area contributed by atoms with Gasteiger partial charge in [0.05, 0.1) is 51.4 Å². The molecule has 0 radical (unpaired) electrons. The van der Waals surface area contributed by atoms with Crippen LogP contribution in [0.2, 0.25) is 0 Å². The third kappa shape index (κ3) is 4.78. The van der Waals surface area contributed by atoms with Crippen LogP contribution in [0.5, 0.6) is 11.5 Å². The molecule has 0 saturated carbocycles. The van der Waals surface area contributed by atoms with Gasteiger partial charge in [-0.2, -0.15) is 0 Å². The maximum atomic E-state index is 13.9. The van der Waals surface area contributed by atoms with Gasteiger partial charge < -0.3 is 29.3 Å². The predicted octanol–water partition coefficient (Wildman–Crippen LogP) is 4.18. The molecule has 0 spiro atoms. The second-order valence-electron chi connectivity index (χ2n) is 10.6. The molecule has 37 heavy (non-hydrogen) atoms. The van der Waals surface area contributed by atoms with Crippen LogP contribution >= 0.6 is 0 Å². The van der Waals surface area contributed by atoms with E-state index in [1.807, 2.05) is 47.4 Å². The molecule has 1 aliphatic carbocycles. The highest BCUT2D eigenvalue weighted by atomic mass is 16.5. The number of rotatable bonds is 5. The minimum absolute atomic E-state index is 0.00222. The number of carbonyl (C=O) groups excluding carboxylic acids is 2. The van der Waals surface area contributed by atoms with E-state index >= 15 is 0 Å². The average Bonchev–Trinajstić information content (AvgIpc) is 3.02. The molecule has 2 aromatic rings. The van der Waals surface area contributed by atoms with Crippen LogP contribution in [0.15, 0.2) is 53.7 Å². The number of nitrogens with one attached hydrogen (secondary N) is 1. The van der Waals surface area contributed by atoms with Gasteiger partial charge >= 0.3 is 0 Å². The van der Waals surface area contributed by atoms with Gasteiger partial charge in [-0.1, -0.05) is 38.1 Å². The second-order valence-corrected chi connectivity index (χ2v) is 10.6. The van der Waals surface area contributed by atoms with Crippen molar-refractivity contribution in [3.8, 4) is 11.5 Å². The third-order valence-electron chi connectivity index (χ3n) is 7.40. The van der Waals surface area contributed by atoms with E-state index in [0.29, 0.717) is 49.8 Å². The number of ketones is 1. The molecule has 3 aliphatic rings. The zero-order valence-electron chi connectivity index (χ0n) is 22.0. The summed E-state index contributed by atoms with van der Waals surface area (Å²) in [7, 11) is 3.21. The number of Topliss-reactive ketones (excluding diaryl/α,β-unsaturated/α-hetero) is 1. The van der Waals surface area contributed by atoms with E-state index in [1.54, 1.807) is 14.2 Å². The molecule has 1 atom stereocenters. The van der Waals surface area contributed by atoms with Crippen LogP contribution in [0.1, 0.15) is 38.3 Å². The summed E-state index contributed by atoms with van der Waals surface area (Å²) in [6, 6.07) is 13.1. The average molecular weight is 506 g/mol. The number of benzene rings is 2. The lowest BCUT2D eigenvalue weighted by Gasteiger charge is -2.39. The summed E-state index contributed by atoms with van der Waals surface area (Å²) in [6.45, 7) is 6.51. The van der Waals surface area contributed by atoms with Crippen molar-refractivity contribution in [2.75, 3.05) is 57.3 Å². The van der Waals surface area contributed by atoms with Crippen molar-refractivity contribution in [1.29, 1.82) is 0 Å². The van der Waals surface area contributed by atoms with E-state index < -0.39 is 6.04 Å². The molecule has 0 aromatic heterocycles. The van der Waals surface area contributed by atoms with Gasteiger partial charge in [-0.15, -0.1) is 0 Å². The first kappa shape index (κ1) is 25.1. The summed E-state index contributed by atoms with van der Waals surface area (Å²) in [5, 5.41) is 3.60. The van der Waals surface area contributed by atoms with Crippen molar-refractivity contribution in [3.05, 3.63) is 59.3 Å². The molecule has 2 aromatic carbocycles. The fourth-order valence-electron chi connectivity index (χ4n) is 5.74. The summed E-state index contributed by atoms with van der Waals surface area (Å²) in [4.78, 5) is 31.4. The van der Waals surface area contributed by atoms with Crippen LogP contribution in [0, 0.1) is 5.41 Å². The number of nitrogens with zero attached hydrogens (tertiary/aromatic N) is 2. The fourth-order valence-corrected chi connectivity index (χ4v) is 5.74. The Morgan fingerprint density at radius 1 is 1.05 bits per heavy atom. The SMILES string of the molecule is COc1cccc(C2C3=C(CC(C)(C)CC3=O)Nc3ccccc3N2CC(=O)N2CCOCC2)c1OC. The van der Waals surface area contributed by atoms with Gasteiger partial charge in [0, 0.05) is 36.3 Å². The van der Waals surface area contributed by atoms with Crippen LogP contribution in [0.25, 0.3) is 0 Å². The summed E-state index contributed by atoms with van der Waals surface area (Å²) in [6.07, 6.45) is 1.15. The molecule has 8 heteroatoms. The number of anilines is 2. The first-order valence-electron chi connectivity index (χ1n) is 12.8. The Labute approximate surface area is 218 Å². The number of amides is 1. The van der Waals surface area contributed by atoms with Crippen LogP contribution in [-0.4, -0.2) is 63.7 Å². The Balaban J connectivity index is 1.72. The topological polar surface area (TPSA) is 80.3 Å². The Morgan fingerprint density at radius 3 is 2.54 bits per heavy atom. The Hall–Kier alpha value is -3.52. The summed E-state index contributed by atoms with van der Waals surface area (Å²) < 4.78 is 17.0. The predicted molar refractivity (Wildman–Crippen MR) is 142 cm³/mol. The molecule has 1 N–H and O–H groups in total. The molecule has 1 amide bonds. The van der Waals surface area contributed by atoms with E-state index in [2.05, 4.69) is 24.1 Å². The van der Waals surface area contributed by atoms with Crippen LogP contribution in [-0.2, 0) is 14.3 Å². The number of hydrogen-bond donors (Lipinski definition) is 1. The summed E-state index contributed by atoms with van der Waals surface area (Å²) in [5.41, 5.74) is 3.91. The number of allylic oxidation sites excluding steroid dienone is 1. The largest absolute Gasteiger partial charge is 0.493 e. The van der Waals surface area contributed by atoms with Crippen LogP contribution in [0.3, 0.4) is 0 Å². The van der Waals surface area contributed by atoms with Gasteiger partial charge in [-0.25, -0.2) is 0 Å². The van der Waals surface area contributed by atoms with E-state index in [0.717, 1.165) is 29.1 Å². The van der Waals surface area contributed by atoms with Crippen molar-refractivity contribution in [3.63, 3.8) is 0 Å². The Bertz CT molecular complexity index is 1230. The minimum Gasteiger partial charge on any atom is -0.493 e. The zero-order chi connectivity index (χ0) is 26.2. The van der Waals surface area contributed by atoms with Crippen molar-refractivity contribution in [2.24, 2.45) is 5.41 Å². The van der Waals surface area contributed by atoms with E-state index in [9.17, 15) is 9.59 Å². The van der Waals surface area contributed by atoms with Gasteiger partial charge in [0.25, 0.3) is 0 Å². The second kappa shape index (κ2) is 10.1. The maximum Gasteiger partial charge on any atom is 0.242 e. The highest BCUT2D eigenvalue weighted by molar-refractivity contribution is 6.02. The van der Waals surface area contributed by atoms with Crippen molar-refractivity contribution in [1.82, 2.24) is 4.90 Å². The van der Waals surface area contributed by atoms with Crippen LogP contribution in [0.4, 0.5) is 11.4 Å². The van der Waals surface area contributed by atoms with E-state index in [4.69, 9.17) is 14.2 Å². The number of para-hydroxylation sites is 3. The molecule has 2 aliphatic heterocycles. The fraction of sp³-hybridized carbons (Fsp3) is 0.448. The minimum atomic E-state index is -0.537. The molecule has 1 fully saturated rings.